The van der Waals surface area contributed by atoms with E-state index in [9.17, 15) is 4.79 Å². The molecule has 2 aromatic rings. The number of guanidine groups is 1. The normalized spacial score (nSPS) is 19.9. The Bertz CT molecular complexity index is 694. The van der Waals surface area contributed by atoms with Crippen LogP contribution in [0.1, 0.15) is 18.0 Å². The van der Waals surface area contributed by atoms with Crippen molar-refractivity contribution in [1.82, 2.24) is 4.90 Å². The predicted octanol–water partition coefficient (Wildman–Crippen LogP) is 2.88. The van der Waals surface area contributed by atoms with E-state index >= 15 is 0 Å². The van der Waals surface area contributed by atoms with Crippen molar-refractivity contribution in [2.75, 3.05) is 7.05 Å². The lowest BCUT2D eigenvalue weighted by Gasteiger charge is -2.25. The molecule has 0 unspecified atom stereocenters. The molecule has 2 heterocycles. The smallest absolute Gasteiger partial charge is 0.231 e. The van der Waals surface area contributed by atoms with E-state index in [1.54, 1.807) is 18.4 Å². The number of hydrogen-bond acceptors (Lipinski definition) is 4. The molecule has 19 heavy (non-hydrogen) atoms. The molecule has 0 saturated heterocycles. The van der Waals surface area contributed by atoms with Crippen molar-refractivity contribution >= 4 is 49.2 Å². The van der Waals surface area contributed by atoms with Crippen molar-refractivity contribution < 1.29 is 4.79 Å². The van der Waals surface area contributed by atoms with Crippen molar-refractivity contribution in [3.8, 4) is 0 Å². The van der Waals surface area contributed by atoms with E-state index in [1.165, 1.54) is 9.60 Å². The predicted molar refractivity (Wildman–Crippen MR) is 81.3 cm³/mol. The monoisotopic (exact) mass is 337 g/mol. The summed E-state index contributed by atoms with van der Waals surface area (Å²) in [5.74, 6) is 0.285. The summed E-state index contributed by atoms with van der Waals surface area (Å²) in [4.78, 5) is 17.6. The Morgan fingerprint density at radius 2 is 2.32 bits per heavy atom. The van der Waals surface area contributed by atoms with E-state index in [2.05, 4.69) is 38.4 Å². The molecule has 4 nitrogen and oxygen atoms in total. The second-order valence-electron chi connectivity index (χ2n) is 4.50. The Morgan fingerprint density at radius 3 is 3.05 bits per heavy atom. The Kier molecular flexibility index (Phi) is 3.06. The molecule has 1 amide bonds. The zero-order valence-corrected chi connectivity index (χ0v) is 12.7. The molecule has 1 atom stereocenters. The van der Waals surface area contributed by atoms with E-state index in [1.807, 2.05) is 6.07 Å². The van der Waals surface area contributed by atoms with Crippen LogP contribution in [0.25, 0.3) is 10.1 Å². The van der Waals surface area contributed by atoms with Crippen molar-refractivity contribution in [3.63, 3.8) is 0 Å². The number of nitrogens with two attached hydrogens (primary N) is 1. The summed E-state index contributed by atoms with van der Waals surface area (Å²) in [5.41, 5.74) is 6.79. The van der Waals surface area contributed by atoms with E-state index in [0.717, 1.165) is 15.4 Å². The van der Waals surface area contributed by atoms with Crippen LogP contribution in [0, 0.1) is 0 Å². The van der Waals surface area contributed by atoms with Crippen LogP contribution in [-0.2, 0) is 4.79 Å². The Balaban J connectivity index is 2.05. The molecule has 0 spiro atoms. The fraction of sp³-hybridized carbons (Fsp3) is 0.231. The van der Waals surface area contributed by atoms with Gasteiger partial charge in [-0.3, -0.25) is 9.69 Å². The van der Waals surface area contributed by atoms with Gasteiger partial charge in [0.1, 0.15) is 0 Å². The van der Waals surface area contributed by atoms with Crippen LogP contribution in [0.3, 0.4) is 0 Å². The fourth-order valence-corrected chi connectivity index (χ4v) is 3.68. The van der Waals surface area contributed by atoms with Crippen molar-refractivity contribution in [3.05, 3.63) is 33.6 Å². The van der Waals surface area contributed by atoms with Crippen LogP contribution in [-0.4, -0.2) is 23.8 Å². The number of fused-ring (bicyclic) bond motifs is 1. The minimum absolute atomic E-state index is 0.00183. The highest BCUT2D eigenvalue weighted by Gasteiger charge is 2.25. The average Bonchev–Trinajstić information content (AvgIpc) is 2.77. The highest BCUT2D eigenvalue weighted by atomic mass is 79.9. The number of carbonyl (C=O) groups excluding carboxylic acids is 1. The van der Waals surface area contributed by atoms with Gasteiger partial charge in [0.2, 0.25) is 5.91 Å². The van der Waals surface area contributed by atoms with Crippen molar-refractivity contribution in [2.45, 2.75) is 12.5 Å². The minimum atomic E-state index is -0.181. The van der Waals surface area contributed by atoms with Gasteiger partial charge < -0.3 is 5.73 Å². The van der Waals surface area contributed by atoms with Gasteiger partial charge in [-0.15, -0.1) is 11.3 Å². The maximum atomic E-state index is 11.8. The summed E-state index contributed by atoms with van der Waals surface area (Å²) in [7, 11) is 1.65. The highest BCUT2D eigenvalue weighted by molar-refractivity contribution is 9.10. The van der Waals surface area contributed by atoms with Crippen LogP contribution in [0.15, 0.2) is 33.0 Å². The van der Waals surface area contributed by atoms with Gasteiger partial charge in [-0.2, -0.15) is 0 Å². The lowest BCUT2D eigenvalue weighted by atomic mass is 10.0. The molecule has 2 N–H and O–H groups in total. The van der Waals surface area contributed by atoms with E-state index in [4.69, 9.17) is 5.73 Å². The molecule has 0 bridgehead atoms. The van der Waals surface area contributed by atoms with Crippen LogP contribution < -0.4 is 5.73 Å². The summed E-state index contributed by atoms with van der Waals surface area (Å²) in [5, 5.41) is 3.22. The second kappa shape index (κ2) is 4.61. The largest absolute Gasteiger partial charge is 0.369 e. The first-order chi connectivity index (χ1) is 9.06. The van der Waals surface area contributed by atoms with Crippen molar-refractivity contribution in [1.29, 1.82) is 0 Å². The minimum Gasteiger partial charge on any atom is -0.369 e. The molecule has 1 aliphatic rings. The topological polar surface area (TPSA) is 58.7 Å². The lowest BCUT2D eigenvalue weighted by Crippen LogP contribution is -2.42. The van der Waals surface area contributed by atoms with E-state index in [-0.39, 0.29) is 17.9 Å². The number of aliphatic imine (C=N–C) groups is 1. The van der Waals surface area contributed by atoms with Crippen LogP contribution >= 0.6 is 27.3 Å². The molecule has 3 rings (SSSR count). The Morgan fingerprint density at radius 1 is 1.53 bits per heavy atom. The lowest BCUT2D eigenvalue weighted by molar-refractivity contribution is -0.127. The molecule has 6 heteroatoms. The van der Waals surface area contributed by atoms with E-state index in [0.29, 0.717) is 6.42 Å². The van der Waals surface area contributed by atoms with Crippen LogP contribution in [0.4, 0.5) is 0 Å². The average molecular weight is 338 g/mol. The molecule has 0 radical (unpaired) electrons. The van der Waals surface area contributed by atoms with E-state index < -0.39 is 0 Å². The molecule has 1 aromatic heterocycles. The third-order valence-electron chi connectivity index (χ3n) is 3.31. The van der Waals surface area contributed by atoms with Crippen molar-refractivity contribution in [2.24, 2.45) is 10.7 Å². The number of amides is 1. The van der Waals surface area contributed by atoms with Crippen LogP contribution in [0.5, 0.6) is 0 Å². The molecular weight excluding hydrogens is 326 g/mol. The molecule has 98 valence electrons. The van der Waals surface area contributed by atoms with Gasteiger partial charge in [0.25, 0.3) is 0 Å². The number of benzene rings is 1. The summed E-state index contributed by atoms with van der Waals surface area (Å²) in [6, 6.07) is 5.98. The SMILES string of the molecule is CN1C(=O)C[C@@H](c2ccc3scc(Br)c3c2)N=C1N. The van der Waals surface area contributed by atoms with Gasteiger partial charge in [0, 0.05) is 27.0 Å². The molecule has 0 fully saturated rings. The van der Waals surface area contributed by atoms with Gasteiger partial charge in [-0.25, -0.2) is 4.99 Å². The number of thiophene rings is 1. The van der Waals surface area contributed by atoms with Gasteiger partial charge in [0.15, 0.2) is 5.96 Å². The first-order valence-corrected chi connectivity index (χ1v) is 7.50. The Hall–Kier alpha value is -1.40. The summed E-state index contributed by atoms with van der Waals surface area (Å²) in [6.45, 7) is 0. The molecule has 1 aliphatic heterocycles. The van der Waals surface area contributed by atoms with Gasteiger partial charge in [-0.05, 0) is 33.6 Å². The molecule has 0 saturated carbocycles. The fourth-order valence-electron chi connectivity index (χ4n) is 2.14. The number of hydrogen-bond donors (Lipinski definition) is 1. The van der Waals surface area contributed by atoms with Gasteiger partial charge in [-0.1, -0.05) is 6.07 Å². The second-order valence-corrected chi connectivity index (χ2v) is 6.26. The number of carbonyl (C=O) groups is 1. The van der Waals surface area contributed by atoms with Crippen LogP contribution in [0.2, 0.25) is 0 Å². The highest BCUT2D eigenvalue weighted by Crippen LogP contribution is 2.34. The standard InChI is InChI=1S/C13H12BrN3OS/c1-17-12(18)5-10(16-13(17)15)7-2-3-11-8(4-7)9(14)6-19-11/h2-4,6,10H,5H2,1H3,(H2,15,16)/t10-/m0/s1. The Labute approximate surface area is 123 Å². The third-order valence-corrected chi connectivity index (χ3v) is 5.23. The zero-order valence-electron chi connectivity index (χ0n) is 10.3. The molecular formula is C13H12BrN3OS. The maximum Gasteiger partial charge on any atom is 0.231 e. The number of nitrogens with zero attached hydrogens (tertiary/aromatic N) is 2. The molecule has 1 aromatic carbocycles. The van der Waals surface area contributed by atoms with Gasteiger partial charge in [0.05, 0.1) is 12.5 Å². The first kappa shape index (κ1) is 12.6. The quantitative estimate of drug-likeness (QED) is 0.869. The maximum absolute atomic E-state index is 11.8. The first-order valence-electron chi connectivity index (χ1n) is 5.83. The summed E-state index contributed by atoms with van der Waals surface area (Å²) >= 11 is 5.22. The summed E-state index contributed by atoms with van der Waals surface area (Å²) in [6.07, 6.45) is 0.366. The summed E-state index contributed by atoms with van der Waals surface area (Å²) < 4.78 is 2.29. The zero-order chi connectivity index (χ0) is 13.6. The van der Waals surface area contributed by atoms with Gasteiger partial charge >= 0.3 is 0 Å². The third kappa shape index (κ3) is 2.15. The number of halogens is 1. The number of rotatable bonds is 1. The molecule has 0 aliphatic carbocycles.